The Kier molecular flexibility index (Phi) is 6.55. The zero-order valence-electron chi connectivity index (χ0n) is 19.0. The second kappa shape index (κ2) is 9.89. The second-order valence-electron chi connectivity index (χ2n) is 9.48. The van der Waals surface area contributed by atoms with Crippen molar-refractivity contribution in [2.24, 2.45) is 11.8 Å². The van der Waals surface area contributed by atoms with Crippen molar-refractivity contribution in [3.63, 3.8) is 0 Å². The summed E-state index contributed by atoms with van der Waals surface area (Å²) in [4.78, 5) is 0. The summed E-state index contributed by atoms with van der Waals surface area (Å²) in [5, 5.41) is 14.4. The molecular formula is C26H31FN4O2. The monoisotopic (exact) mass is 450 g/mol. The van der Waals surface area contributed by atoms with Crippen LogP contribution in [0.3, 0.4) is 0 Å². The van der Waals surface area contributed by atoms with Crippen LogP contribution in [-0.4, -0.2) is 34.3 Å². The van der Waals surface area contributed by atoms with Crippen molar-refractivity contribution in [1.29, 1.82) is 0 Å². The van der Waals surface area contributed by atoms with E-state index in [2.05, 4.69) is 38.8 Å². The van der Waals surface area contributed by atoms with E-state index in [4.69, 9.17) is 9.47 Å². The predicted octanol–water partition coefficient (Wildman–Crippen LogP) is 5.44. The third kappa shape index (κ3) is 5.34. The molecule has 1 atom stereocenters. The average Bonchev–Trinajstić information content (AvgIpc) is 3.57. The number of ether oxygens (including phenoxy) is 2. The summed E-state index contributed by atoms with van der Waals surface area (Å²) in [6.45, 7) is 0.705. The van der Waals surface area contributed by atoms with Gasteiger partial charge < -0.3 is 9.47 Å². The van der Waals surface area contributed by atoms with Gasteiger partial charge in [0.2, 0.25) is 0 Å². The number of nitrogens with zero attached hydrogens (tertiary/aromatic N) is 3. The van der Waals surface area contributed by atoms with Gasteiger partial charge in [0.25, 0.3) is 0 Å². The van der Waals surface area contributed by atoms with Crippen molar-refractivity contribution in [1.82, 2.24) is 20.6 Å². The van der Waals surface area contributed by atoms with E-state index in [9.17, 15) is 4.39 Å². The summed E-state index contributed by atoms with van der Waals surface area (Å²) in [6, 6.07) is 13.6. The number of aromatic nitrogens is 4. The summed E-state index contributed by atoms with van der Waals surface area (Å²) >= 11 is 0. The standard InChI is InChI=1S/C26H31FN4O2/c1-32-21-11-12-25(27)24(14-21)19-7-5-17(6-8-19)16-33-22-4-2-3-20(13-22)23(18-9-10-18)15-26-28-30-31-29-26/h2-4,11-14,17-19,23H,5-10,15-16H2,1H3,(H,28,29,30,31)/t17-,19-,23-/m0/s1. The molecule has 3 aromatic rings. The molecule has 2 saturated carbocycles. The van der Waals surface area contributed by atoms with Crippen molar-refractivity contribution < 1.29 is 13.9 Å². The number of tetrazole rings is 1. The first-order valence-electron chi connectivity index (χ1n) is 12.0. The molecular weight excluding hydrogens is 419 g/mol. The van der Waals surface area contributed by atoms with E-state index in [1.54, 1.807) is 13.2 Å². The minimum absolute atomic E-state index is 0.126. The van der Waals surface area contributed by atoms with Gasteiger partial charge >= 0.3 is 0 Å². The van der Waals surface area contributed by atoms with Gasteiger partial charge in [0, 0.05) is 6.42 Å². The molecule has 1 N–H and O–H groups in total. The molecule has 174 valence electrons. The van der Waals surface area contributed by atoms with Crippen LogP contribution < -0.4 is 9.47 Å². The number of nitrogens with one attached hydrogen (secondary N) is 1. The van der Waals surface area contributed by atoms with E-state index in [0.29, 0.717) is 24.4 Å². The van der Waals surface area contributed by atoms with Crippen LogP contribution in [0.5, 0.6) is 11.5 Å². The van der Waals surface area contributed by atoms with Gasteiger partial charge in [0.1, 0.15) is 23.1 Å². The number of hydrogen-bond acceptors (Lipinski definition) is 5. The molecule has 6 nitrogen and oxygen atoms in total. The van der Waals surface area contributed by atoms with E-state index >= 15 is 0 Å². The Morgan fingerprint density at radius 2 is 1.88 bits per heavy atom. The fourth-order valence-electron chi connectivity index (χ4n) is 5.18. The molecule has 0 radical (unpaired) electrons. The topological polar surface area (TPSA) is 72.9 Å². The van der Waals surface area contributed by atoms with Crippen molar-refractivity contribution in [3.8, 4) is 11.5 Å². The van der Waals surface area contributed by atoms with Gasteiger partial charge in [-0.15, -0.1) is 5.10 Å². The maximum atomic E-state index is 14.3. The van der Waals surface area contributed by atoms with Crippen molar-refractivity contribution in [2.45, 2.75) is 56.8 Å². The highest BCUT2D eigenvalue weighted by Gasteiger charge is 2.33. The fraction of sp³-hybridized carbons (Fsp3) is 0.500. The third-order valence-corrected chi connectivity index (χ3v) is 7.26. The highest BCUT2D eigenvalue weighted by molar-refractivity contribution is 5.33. The summed E-state index contributed by atoms with van der Waals surface area (Å²) in [7, 11) is 1.62. The average molecular weight is 451 g/mol. The summed E-state index contributed by atoms with van der Waals surface area (Å²) in [5.74, 6) is 4.22. The number of halogens is 1. The van der Waals surface area contributed by atoms with Crippen molar-refractivity contribution in [3.05, 3.63) is 65.2 Å². The lowest BCUT2D eigenvalue weighted by Crippen LogP contribution is -2.20. The van der Waals surface area contributed by atoms with Crippen LogP contribution >= 0.6 is 0 Å². The molecule has 2 fully saturated rings. The molecule has 2 aliphatic carbocycles. The number of hydrogen-bond donors (Lipinski definition) is 1. The second-order valence-corrected chi connectivity index (χ2v) is 9.48. The fourth-order valence-corrected chi connectivity index (χ4v) is 5.18. The lowest BCUT2D eigenvalue weighted by Gasteiger charge is -2.29. The number of rotatable bonds is 9. The van der Waals surface area contributed by atoms with Gasteiger partial charge in [-0.2, -0.15) is 0 Å². The zero-order chi connectivity index (χ0) is 22.6. The van der Waals surface area contributed by atoms with Crippen LogP contribution in [0.1, 0.15) is 67.3 Å². The Bertz CT molecular complexity index is 1050. The Hall–Kier alpha value is -2.96. The SMILES string of the molecule is COc1ccc(F)c([C@H]2CC[C@H](COc3cccc([C@@H](Cc4nnn[nH]4)C4CC4)c3)CC2)c1. The van der Waals surface area contributed by atoms with Crippen LogP contribution in [0.4, 0.5) is 4.39 Å². The van der Waals surface area contributed by atoms with Gasteiger partial charge in [-0.3, -0.25) is 0 Å². The summed E-state index contributed by atoms with van der Waals surface area (Å²) < 4.78 is 25.9. The van der Waals surface area contributed by atoms with Crippen LogP contribution in [0, 0.1) is 17.7 Å². The Labute approximate surface area is 193 Å². The quantitative estimate of drug-likeness (QED) is 0.470. The maximum absolute atomic E-state index is 14.3. The molecule has 0 spiro atoms. The maximum Gasteiger partial charge on any atom is 0.149 e. The summed E-state index contributed by atoms with van der Waals surface area (Å²) in [5.41, 5.74) is 2.08. The van der Waals surface area contributed by atoms with E-state index in [1.165, 1.54) is 24.5 Å². The van der Waals surface area contributed by atoms with Crippen molar-refractivity contribution in [2.75, 3.05) is 13.7 Å². The molecule has 2 aliphatic rings. The van der Waals surface area contributed by atoms with E-state index < -0.39 is 0 Å². The van der Waals surface area contributed by atoms with Crippen molar-refractivity contribution >= 4 is 0 Å². The van der Waals surface area contributed by atoms with E-state index in [0.717, 1.165) is 55.0 Å². The first-order chi connectivity index (χ1) is 16.2. The van der Waals surface area contributed by atoms with Gasteiger partial charge in [0.05, 0.1) is 13.7 Å². The molecule has 0 amide bonds. The van der Waals surface area contributed by atoms with Gasteiger partial charge in [-0.05, 0) is 114 Å². The normalized spacial score (nSPS) is 21.5. The number of H-pyrrole nitrogens is 1. The lowest BCUT2D eigenvalue weighted by atomic mass is 9.79. The van der Waals surface area contributed by atoms with Crippen LogP contribution in [0.2, 0.25) is 0 Å². The lowest BCUT2D eigenvalue weighted by molar-refractivity contribution is 0.199. The zero-order valence-corrected chi connectivity index (χ0v) is 19.0. The number of benzene rings is 2. The smallest absolute Gasteiger partial charge is 0.149 e. The van der Waals surface area contributed by atoms with Crippen LogP contribution in [0.25, 0.3) is 0 Å². The number of methoxy groups -OCH3 is 1. The molecule has 5 rings (SSSR count). The van der Waals surface area contributed by atoms with Crippen LogP contribution in [0.15, 0.2) is 42.5 Å². The molecule has 0 bridgehead atoms. The minimum Gasteiger partial charge on any atom is -0.497 e. The predicted molar refractivity (Wildman–Crippen MR) is 123 cm³/mol. The highest BCUT2D eigenvalue weighted by Crippen LogP contribution is 2.44. The van der Waals surface area contributed by atoms with Gasteiger partial charge in [0.15, 0.2) is 0 Å². The Morgan fingerprint density at radius 3 is 2.61 bits per heavy atom. The number of aromatic amines is 1. The first-order valence-corrected chi connectivity index (χ1v) is 12.0. The third-order valence-electron chi connectivity index (χ3n) is 7.26. The highest BCUT2D eigenvalue weighted by atomic mass is 19.1. The first kappa shape index (κ1) is 21.9. The molecule has 1 aromatic heterocycles. The largest absolute Gasteiger partial charge is 0.497 e. The Morgan fingerprint density at radius 1 is 1.03 bits per heavy atom. The molecule has 0 saturated heterocycles. The molecule has 0 unspecified atom stereocenters. The molecule has 0 aliphatic heterocycles. The van der Waals surface area contributed by atoms with Crippen LogP contribution in [-0.2, 0) is 6.42 Å². The summed E-state index contributed by atoms with van der Waals surface area (Å²) in [6.07, 6.45) is 7.39. The Balaban J connectivity index is 1.16. The van der Waals surface area contributed by atoms with E-state index in [-0.39, 0.29) is 11.7 Å². The molecule has 33 heavy (non-hydrogen) atoms. The van der Waals surface area contributed by atoms with E-state index in [1.807, 2.05) is 12.1 Å². The molecule has 2 aromatic carbocycles. The molecule has 7 heteroatoms. The minimum atomic E-state index is -0.126. The van der Waals surface area contributed by atoms with Gasteiger partial charge in [-0.1, -0.05) is 12.1 Å². The van der Waals surface area contributed by atoms with Gasteiger partial charge in [-0.25, -0.2) is 9.49 Å². The molecule has 1 heterocycles.